The number of nitrogens with zero attached hydrogens (tertiary/aromatic N) is 4. The Kier molecular flexibility index (Phi) is 4.79. The van der Waals surface area contributed by atoms with E-state index >= 15 is 0 Å². The molecule has 0 fully saturated rings. The molecule has 1 N–H and O–H groups in total. The average Bonchev–Trinajstić information content (AvgIpc) is 3.23. The zero-order chi connectivity index (χ0) is 18.7. The van der Waals surface area contributed by atoms with Crippen molar-refractivity contribution in [3.05, 3.63) is 65.7 Å². The second kappa shape index (κ2) is 7.03. The number of hydrogen-bond donors (Lipinski definition) is 1. The summed E-state index contributed by atoms with van der Waals surface area (Å²) in [5.74, 6) is -0.331. The lowest BCUT2D eigenvalue weighted by Crippen LogP contribution is -2.17. The van der Waals surface area contributed by atoms with Crippen molar-refractivity contribution in [1.29, 1.82) is 0 Å². The van der Waals surface area contributed by atoms with E-state index in [1.165, 1.54) is 23.1 Å². The summed E-state index contributed by atoms with van der Waals surface area (Å²) in [4.78, 5) is 12.2. The topological polar surface area (TPSA) is 64.7 Å². The van der Waals surface area contributed by atoms with Crippen LogP contribution in [0.15, 0.2) is 48.9 Å². The molecule has 9 heteroatoms. The molecular formula is C17H16F3N5O. The van der Waals surface area contributed by atoms with E-state index in [1.807, 2.05) is 6.92 Å². The lowest BCUT2D eigenvalue weighted by Gasteiger charge is -2.08. The first-order valence-corrected chi connectivity index (χ1v) is 7.88. The largest absolute Gasteiger partial charge is 0.416 e. The number of anilines is 1. The molecule has 6 nitrogen and oxygen atoms in total. The Morgan fingerprint density at radius 1 is 1.23 bits per heavy atom. The van der Waals surface area contributed by atoms with E-state index in [0.29, 0.717) is 23.5 Å². The lowest BCUT2D eigenvalue weighted by molar-refractivity contribution is -0.137. The summed E-state index contributed by atoms with van der Waals surface area (Å²) in [6, 6.07) is 6.66. The molecule has 136 valence electrons. The van der Waals surface area contributed by atoms with E-state index in [-0.39, 0.29) is 12.5 Å². The molecule has 0 atom stereocenters. The van der Waals surface area contributed by atoms with Crippen molar-refractivity contribution in [2.24, 2.45) is 0 Å². The van der Waals surface area contributed by atoms with Crippen LogP contribution in [0.25, 0.3) is 0 Å². The summed E-state index contributed by atoms with van der Waals surface area (Å²) in [5, 5.41) is 10.8. The molecule has 26 heavy (non-hydrogen) atoms. The minimum absolute atomic E-state index is 0.159. The molecule has 1 aromatic carbocycles. The number of rotatable bonds is 5. The van der Waals surface area contributed by atoms with Crippen molar-refractivity contribution in [2.75, 3.05) is 5.32 Å². The zero-order valence-electron chi connectivity index (χ0n) is 13.9. The van der Waals surface area contributed by atoms with Crippen LogP contribution in [0.2, 0.25) is 0 Å². The highest BCUT2D eigenvalue weighted by Gasteiger charge is 2.30. The molecule has 0 radical (unpaired) electrons. The maximum Gasteiger partial charge on any atom is 0.416 e. The number of aryl methyl sites for hydroxylation is 1. The average molecular weight is 363 g/mol. The highest BCUT2D eigenvalue weighted by molar-refractivity contribution is 6.02. The van der Waals surface area contributed by atoms with Crippen LogP contribution in [0, 0.1) is 0 Å². The first kappa shape index (κ1) is 17.7. The first-order valence-electron chi connectivity index (χ1n) is 7.88. The van der Waals surface area contributed by atoms with Gasteiger partial charge >= 0.3 is 6.18 Å². The molecule has 2 aromatic heterocycles. The standard InChI is InChI=1S/C17H16F3N5O/c1-2-25-15(6-7-21-25)16(26)23-14-9-22-24(11-14)10-12-4-3-5-13(8-12)17(18,19)20/h3-9,11H,2,10H2,1H3,(H,23,26). The number of carbonyl (C=O) groups is 1. The Labute approximate surface area is 147 Å². The van der Waals surface area contributed by atoms with Crippen LogP contribution in [0.5, 0.6) is 0 Å². The van der Waals surface area contributed by atoms with Crippen LogP contribution in [-0.4, -0.2) is 25.5 Å². The Hall–Kier alpha value is -3.10. The molecule has 0 aliphatic carbocycles. The van der Waals surface area contributed by atoms with Crippen LogP contribution in [0.1, 0.15) is 28.5 Å². The predicted octanol–water partition coefficient (Wildman–Crippen LogP) is 3.42. The second-order valence-corrected chi connectivity index (χ2v) is 5.61. The summed E-state index contributed by atoms with van der Waals surface area (Å²) in [6.07, 6.45) is 0.153. The van der Waals surface area contributed by atoms with Crippen LogP contribution in [0.3, 0.4) is 0 Å². The minimum Gasteiger partial charge on any atom is -0.318 e. The van der Waals surface area contributed by atoms with E-state index < -0.39 is 11.7 Å². The smallest absolute Gasteiger partial charge is 0.318 e. The third-order valence-electron chi connectivity index (χ3n) is 3.74. The summed E-state index contributed by atoms with van der Waals surface area (Å²) in [7, 11) is 0. The molecule has 0 unspecified atom stereocenters. The Bertz CT molecular complexity index is 913. The maximum atomic E-state index is 12.8. The van der Waals surface area contributed by atoms with Gasteiger partial charge in [0, 0.05) is 18.9 Å². The summed E-state index contributed by atoms with van der Waals surface area (Å²) in [6.45, 7) is 2.59. The predicted molar refractivity (Wildman–Crippen MR) is 88.6 cm³/mol. The van der Waals surface area contributed by atoms with Crippen LogP contribution >= 0.6 is 0 Å². The normalized spacial score (nSPS) is 11.5. The van der Waals surface area contributed by atoms with Crippen molar-refractivity contribution in [3.8, 4) is 0 Å². The third kappa shape index (κ3) is 3.93. The van der Waals surface area contributed by atoms with Gasteiger partial charge in [-0.25, -0.2) is 0 Å². The molecule has 0 aliphatic heterocycles. The summed E-state index contributed by atoms with van der Waals surface area (Å²) in [5.41, 5.74) is 0.623. The van der Waals surface area contributed by atoms with Gasteiger partial charge in [0.05, 0.1) is 24.0 Å². The highest BCUT2D eigenvalue weighted by Crippen LogP contribution is 2.29. The number of aromatic nitrogens is 4. The van der Waals surface area contributed by atoms with Gasteiger partial charge in [-0.15, -0.1) is 0 Å². The molecule has 3 aromatic rings. The van der Waals surface area contributed by atoms with Gasteiger partial charge in [0.25, 0.3) is 5.91 Å². The molecular weight excluding hydrogens is 347 g/mol. The number of alkyl halides is 3. The van der Waals surface area contributed by atoms with Crippen LogP contribution in [0.4, 0.5) is 18.9 Å². The molecule has 0 spiro atoms. The van der Waals surface area contributed by atoms with Gasteiger partial charge in [0.15, 0.2) is 0 Å². The fraction of sp³-hybridized carbons (Fsp3) is 0.235. The number of hydrogen-bond acceptors (Lipinski definition) is 3. The van der Waals surface area contributed by atoms with Gasteiger partial charge in [-0.05, 0) is 30.7 Å². The number of carbonyl (C=O) groups excluding carboxylic acids is 1. The van der Waals surface area contributed by atoms with Crippen molar-refractivity contribution in [3.63, 3.8) is 0 Å². The monoisotopic (exact) mass is 363 g/mol. The van der Waals surface area contributed by atoms with Crippen LogP contribution < -0.4 is 5.32 Å². The van der Waals surface area contributed by atoms with Crippen molar-refractivity contribution >= 4 is 11.6 Å². The Morgan fingerprint density at radius 3 is 2.77 bits per heavy atom. The van der Waals surface area contributed by atoms with E-state index in [4.69, 9.17) is 0 Å². The maximum absolute atomic E-state index is 12.8. The molecule has 0 bridgehead atoms. The Balaban J connectivity index is 1.70. The minimum atomic E-state index is -4.39. The third-order valence-corrected chi connectivity index (χ3v) is 3.74. The molecule has 0 saturated carbocycles. The second-order valence-electron chi connectivity index (χ2n) is 5.61. The van der Waals surface area contributed by atoms with Crippen LogP contribution in [-0.2, 0) is 19.3 Å². The fourth-order valence-corrected chi connectivity index (χ4v) is 2.52. The fourth-order valence-electron chi connectivity index (χ4n) is 2.52. The van der Waals surface area contributed by atoms with Gasteiger partial charge in [-0.2, -0.15) is 23.4 Å². The molecule has 0 saturated heterocycles. The van der Waals surface area contributed by atoms with Gasteiger partial charge in [-0.3, -0.25) is 14.2 Å². The summed E-state index contributed by atoms with van der Waals surface area (Å²) < 4.78 is 41.3. The molecule has 3 rings (SSSR count). The molecule has 1 amide bonds. The quantitative estimate of drug-likeness (QED) is 0.755. The molecule has 2 heterocycles. The van der Waals surface area contributed by atoms with Gasteiger partial charge in [0.2, 0.25) is 0 Å². The van der Waals surface area contributed by atoms with Crippen molar-refractivity contribution in [1.82, 2.24) is 19.6 Å². The number of benzene rings is 1. The van der Waals surface area contributed by atoms with E-state index in [2.05, 4.69) is 15.5 Å². The van der Waals surface area contributed by atoms with Gasteiger partial charge in [-0.1, -0.05) is 12.1 Å². The SMILES string of the molecule is CCn1nccc1C(=O)Nc1cnn(Cc2cccc(C(F)(F)F)c2)c1. The first-order chi connectivity index (χ1) is 12.4. The lowest BCUT2D eigenvalue weighted by atomic mass is 10.1. The number of nitrogens with one attached hydrogen (secondary N) is 1. The van der Waals surface area contributed by atoms with Crippen molar-refractivity contribution in [2.45, 2.75) is 26.2 Å². The Morgan fingerprint density at radius 2 is 2.04 bits per heavy atom. The van der Waals surface area contributed by atoms with Gasteiger partial charge < -0.3 is 5.32 Å². The van der Waals surface area contributed by atoms with Gasteiger partial charge in [0.1, 0.15) is 5.69 Å². The van der Waals surface area contributed by atoms with Crippen molar-refractivity contribution < 1.29 is 18.0 Å². The highest BCUT2D eigenvalue weighted by atomic mass is 19.4. The van der Waals surface area contributed by atoms with E-state index in [9.17, 15) is 18.0 Å². The van der Waals surface area contributed by atoms with E-state index in [1.54, 1.807) is 23.0 Å². The zero-order valence-corrected chi connectivity index (χ0v) is 13.9. The van der Waals surface area contributed by atoms with E-state index in [0.717, 1.165) is 12.1 Å². The number of halogens is 3. The summed E-state index contributed by atoms with van der Waals surface area (Å²) >= 11 is 0. The number of amides is 1. The molecule has 0 aliphatic rings.